The highest BCUT2D eigenvalue weighted by atomic mass is 79.9. The summed E-state index contributed by atoms with van der Waals surface area (Å²) in [5, 5.41) is 9.03. The highest BCUT2D eigenvalue weighted by Crippen LogP contribution is 2.32. The van der Waals surface area contributed by atoms with Crippen LogP contribution in [0.5, 0.6) is 5.75 Å². The molecule has 1 aromatic carbocycles. The van der Waals surface area contributed by atoms with Crippen molar-refractivity contribution in [2.24, 2.45) is 5.92 Å². The molecular formula is C14H13BrF3NO4. The van der Waals surface area contributed by atoms with Crippen LogP contribution in [0.15, 0.2) is 22.7 Å². The molecule has 0 aliphatic carbocycles. The lowest BCUT2D eigenvalue weighted by Crippen LogP contribution is -2.42. The molecule has 1 aliphatic heterocycles. The lowest BCUT2D eigenvalue weighted by atomic mass is 9.97. The minimum absolute atomic E-state index is 0.0125. The van der Waals surface area contributed by atoms with Crippen LogP contribution in [0, 0.1) is 5.92 Å². The van der Waals surface area contributed by atoms with E-state index in [9.17, 15) is 22.8 Å². The number of amides is 1. The van der Waals surface area contributed by atoms with E-state index in [1.165, 1.54) is 17.0 Å². The van der Waals surface area contributed by atoms with Gasteiger partial charge >= 0.3 is 12.3 Å². The van der Waals surface area contributed by atoms with Gasteiger partial charge in [0.2, 0.25) is 0 Å². The van der Waals surface area contributed by atoms with Gasteiger partial charge in [0.25, 0.3) is 5.91 Å². The Morgan fingerprint density at radius 3 is 2.65 bits per heavy atom. The molecule has 23 heavy (non-hydrogen) atoms. The molecule has 1 atom stereocenters. The molecule has 5 nitrogen and oxygen atoms in total. The summed E-state index contributed by atoms with van der Waals surface area (Å²) in [6.45, 7) is 0.411. The van der Waals surface area contributed by atoms with Crippen molar-refractivity contribution < 1.29 is 32.6 Å². The van der Waals surface area contributed by atoms with E-state index in [-0.39, 0.29) is 16.6 Å². The second kappa shape index (κ2) is 6.77. The van der Waals surface area contributed by atoms with Gasteiger partial charge < -0.3 is 14.7 Å². The summed E-state index contributed by atoms with van der Waals surface area (Å²) in [7, 11) is 0. The summed E-state index contributed by atoms with van der Waals surface area (Å²) < 4.78 is 41.0. The van der Waals surface area contributed by atoms with Crippen molar-refractivity contribution in [2.75, 3.05) is 13.1 Å². The van der Waals surface area contributed by atoms with Crippen LogP contribution in [-0.2, 0) is 4.79 Å². The second-order valence-corrected chi connectivity index (χ2v) is 5.98. The third kappa shape index (κ3) is 4.60. The highest BCUT2D eigenvalue weighted by molar-refractivity contribution is 9.10. The molecule has 126 valence electrons. The van der Waals surface area contributed by atoms with Crippen LogP contribution in [0.25, 0.3) is 0 Å². The SMILES string of the molecule is O=C(O)C1CCCN(C(=O)c2ccc(Br)c(OC(F)(F)F)c2)C1. The normalized spacial score (nSPS) is 18.6. The van der Waals surface area contributed by atoms with Crippen LogP contribution in [-0.4, -0.2) is 41.3 Å². The summed E-state index contributed by atoms with van der Waals surface area (Å²) in [6.07, 6.45) is -3.86. The molecule has 1 aliphatic rings. The molecule has 1 saturated heterocycles. The van der Waals surface area contributed by atoms with E-state index in [0.717, 1.165) is 6.07 Å². The topological polar surface area (TPSA) is 66.8 Å². The van der Waals surface area contributed by atoms with E-state index in [1.807, 2.05) is 0 Å². The van der Waals surface area contributed by atoms with Gasteiger partial charge in [0.05, 0.1) is 10.4 Å². The maximum absolute atomic E-state index is 12.4. The molecule has 0 aromatic heterocycles. The van der Waals surface area contributed by atoms with Gasteiger partial charge in [-0.1, -0.05) is 0 Å². The van der Waals surface area contributed by atoms with Gasteiger partial charge in [-0.2, -0.15) is 0 Å². The number of likely N-dealkylation sites (tertiary alicyclic amines) is 1. The van der Waals surface area contributed by atoms with Gasteiger partial charge in [0, 0.05) is 18.7 Å². The second-order valence-electron chi connectivity index (χ2n) is 5.12. The number of aliphatic carboxylic acids is 1. The average Bonchev–Trinajstić information content (AvgIpc) is 2.47. The molecule has 1 N–H and O–H groups in total. The van der Waals surface area contributed by atoms with E-state index in [1.54, 1.807) is 0 Å². The minimum atomic E-state index is -4.87. The number of nitrogens with zero attached hydrogens (tertiary/aromatic N) is 1. The number of hydrogen-bond acceptors (Lipinski definition) is 3. The first-order valence-electron chi connectivity index (χ1n) is 6.75. The number of benzene rings is 1. The van der Waals surface area contributed by atoms with Crippen LogP contribution in [0.1, 0.15) is 23.2 Å². The van der Waals surface area contributed by atoms with Gasteiger partial charge in [-0.15, -0.1) is 13.2 Å². The molecule has 1 unspecified atom stereocenters. The number of halogens is 4. The Morgan fingerprint density at radius 2 is 2.04 bits per heavy atom. The molecule has 0 radical (unpaired) electrons. The number of carbonyl (C=O) groups excluding carboxylic acids is 1. The Balaban J connectivity index is 2.19. The van der Waals surface area contributed by atoms with Crippen LogP contribution in [0.2, 0.25) is 0 Å². The maximum Gasteiger partial charge on any atom is 0.573 e. The summed E-state index contributed by atoms with van der Waals surface area (Å²) >= 11 is 2.93. The third-order valence-corrected chi connectivity index (χ3v) is 4.12. The monoisotopic (exact) mass is 395 g/mol. The Morgan fingerprint density at radius 1 is 1.35 bits per heavy atom. The Kier molecular flexibility index (Phi) is 5.18. The molecule has 1 fully saturated rings. The van der Waals surface area contributed by atoms with Gasteiger partial charge in [-0.05, 0) is 47.0 Å². The van der Waals surface area contributed by atoms with E-state index in [0.29, 0.717) is 19.4 Å². The fourth-order valence-electron chi connectivity index (χ4n) is 2.39. The van der Waals surface area contributed by atoms with E-state index < -0.39 is 29.9 Å². The number of ether oxygens (including phenoxy) is 1. The molecule has 0 bridgehead atoms. The predicted octanol–water partition coefficient (Wildman–Crippen LogP) is 3.28. The van der Waals surface area contributed by atoms with Gasteiger partial charge in [0.1, 0.15) is 5.75 Å². The average molecular weight is 396 g/mol. The van der Waals surface area contributed by atoms with Crippen molar-refractivity contribution in [1.82, 2.24) is 4.90 Å². The Labute approximate surface area is 138 Å². The van der Waals surface area contributed by atoms with Crippen molar-refractivity contribution in [2.45, 2.75) is 19.2 Å². The van der Waals surface area contributed by atoms with Crippen molar-refractivity contribution >= 4 is 27.8 Å². The number of alkyl halides is 3. The number of hydrogen-bond donors (Lipinski definition) is 1. The van der Waals surface area contributed by atoms with E-state index in [4.69, 9.17) is 5.11 Å². The first kappa shape index (κ1) is 17.6. The predicted molar refractivity (Wildman–Crippen MR) is 77.1 cm³/mol. The van der Waals surface area contributed by atoms with Crippen molar-refractivity contribution in [3.8, 4) is 5.75 Å². The van der Waals surface area contributed by atoms with Crippen molar-refractivity contribution in [3.05, 3.63) is 28.2 Å². The Bertz CT molecular complexity index is 621. The zero-order valence-corrected chi connectivity index (χ0v) is 13.4. The number of carboxylic acid groups (broad SMARTS) is 1. The van der Waals surface area contributed by atoms with Crippen LogP contribution in [0.4, 0.5) is 13.2 Å². The fourth-order valence-corrected chi connectivity index (χ4v) is 2.71. The molecule has 9 heteroatoms. The number of carboxylic acids is 1. The highest BCUT2D eigenvalue weighted by Gasteiger charge is 2.33. The number of rotatable bonds is 3. The number of carbonyl (C=O) groups is 2. The summed E-state index contributed by atoms with van der Waals surface area (Å²) in [5.41, 5.74) is 0.0125. The zero-order valence-electron chi connectivity index (χ0n) is 11.8. The minimum Gasteiger partial charge on any atom is -0.481 e. The third-order valence-electron chi connectivity index (χ3n) is 3.46. The summed E-state index contributed by atoms with van der Waals surface area (Å²) in [5.74, 6) is -2.68. The zero-order chi connectivity index (χ0) is 17.2. The van der Waals surface area contributed by atoms with E-state index in [2.05, 4.69) is 20.7 Å². The Hall–Kier alpha value is -1.77. The van der Waals surface area contributed by atoms with Crippen LogP contribution >= 0.6 is 15.9 Å². The van der Waals surface area contributed by atoms with Gasteiger partial charge in [-0.3, -0.25) is 9.59 Å². The first-order chi connectivity index (χ1) is 10.7. The van der Waals surface area contributed by atoms with Gasteiger partial charge in [0.15, 0.2) is 0 Å². The smallest absolute Gasteiger partial charge is 0.481 e. The largest absolute Gasteiger partial charge is 0.573 e. The fraction of sp³-hybridized carbons (Fsp3) is 0.429. The van der Waals surface area contributed by atoms with Crippen LogP contribution in [0.3, 0.4) is 0 Å². The summed E-state index contributed by atoms with van der Waals surface area (Å²) in [4.78, 5) is 24.7. The lowest BCUT2D eigenvalue weighted by Gasteiger charge is -2.30. The lowest BCUT2D eigenvalue weighted by molar-refractivity contribution is -0.274. The van der Waals surface area contributed by atoms with Gasteiger partial charge in [-0.25, -0.2) is 0 Å². The molecule has 1 aromatic rings. The molecule has 1 amide bonds. The standard InChI is InChI=1S/C14H13BrF3NO4/c15-10-4-3-8(6-11(10)23-14(16,17)18)12(20)19-5-1-2-9(7-19)13(21)22/h3-4,6,9H,1-2,5,7H2,(H,21,22). The number of piperidine rings is 1. The van der Waals surface area contributed by atoms with Crippen LogP contribution < -0.4 is 4.74 Å². The van der Waals surface area contributed by atoms with E-state index >= 15 is 0 Å². The van der Waals surface area contributed by atoms with Crippen molar-refractivity contribution in [1.29, 1.82) is 0 Å². The first-order valence-corrected chi connectivity index (χ1v) is 7.54. The molecular weight excluding hydrogens is 383 g/mol. The molecule has 0 saturated carbocycles. The summed E-state index contributed by atoms with van der Waals surface area (Å²) in [6, 6.07) is 3.64. The molecule has 2 rings (SSSR count). The quantitative estimate of drug-likeness (QED) is 0.852. The van der Waals surface area contributed by atoms with Crippen molar-refractivity contribution in [3.63, 3.8) is 0 Å². The maximum atomic E-state index is 12.4. The molecule has 1 heterocycles. The molecule has 0 spiro atoms.